The number of nitrogens with two attached hydrogens (primary N) is 1. The van der Waals surface area contributed by atoms with Crippen molar-refractivity contribution in [2.45, 2.75) is 22.2 Å². The number of carbonyl (C=O) groups excluding carboxylic acids is 1. The Kier molecular flexibility index (Phi) is 5.44. The first-order chi connectivity index (χ1) is 13.6. The predicted octanol–water partition coefficient (Wildman–Crippen LogP) is 0.616. The van der Waals surface area contributed by atoms with E-state index < -0.39 is 39.2 Å². The molecule has 0 spiro atoms. The van der Waals surface area contributed by atoms with Crippen LogP contribution in [0.3, 0.4) is 0 Å². The molecule has 10 nitrogen and oxygen atoms in total. The van der Waals surface area contributed by atoms with Gasteiger partial charge in [0.1, 0.15) is 16.7 Å². The molecular weight excluding hydrogens is 402 g/mol. The monoisotopic (exact) mass is 421 g/mol. The first-order valence-corrected chi connectivity index (χ1v) is 10.1. The Morgan fingerprint density at radius 2 is 1.72 bits per heavy atom. The molecule has 4 N–H and O–H groups in total. The molecule has 154 valence electrons. The van der Waals surface area contributed by atoms with Gasteiger partial charge in [-0.15, -0.1) is 0 Å². The van der Waals surface area contributed by atoms with Crippen LogP contribution >= 0.6 is 0 Å². The molecule has 2 unspecified atom stereocenters. The maximum atomic E-state index is 13.0. The van der Waals surface area contributed by atoms with Gasteiger partial charge < -0.3 is 25.6 Å². The van der Waals surface area contributed by atoms with Crippen molar-refractivity contribution in [1.82, 2.24) is 9.88 Å². The summed E-state index contributed by atoms with van der Waals surface area (Å²) in [5, 5.41) is 18.4. The van der Waals surface area contributed by atoms with Gasteiger partial charge in [0.2, 0.25) is 0 Å². The minimum atomic E-state index is -4.23. The van der Waals surface area contributed by atoms with Gasteiger partial charge in [-0.25, -0.2) is 18.0 Å². The number of amides is 2. The van der Waals surface area contributed by atoms with E-state index in [0.717, 1.165) is 4.90 Å². The highest BCUT2D eigenvalue weighted by Gasteiger charge is 2.55. The highest BCUT2D eigenvalue weighted by molar-refractivity contribution is 7.92. The summed E-state index contributed by atoms with van der Waals surface area (Å²) in [5.74, 6) is -0.864. The molecule has 11 heteroatoms. The molecule has 1 fully saturated rings. The van der Waals surface area contributed by atoms with Crippen molar-refractivity contribution in [1.29, 1.82) is 0 Å². The summed E-state index contributed by atoms with van der Waals surface area (Å²) in [6.07, 6.45) is 2.81. The fourth-order valence-electron chi connectivity index (χ4n) is 3.19. The molecule has 2 heterocycles. The summed E-state index contributed by atoms with van der Waals surface area (Å²) in [5.41, 5.74) is 2.47. The molecular formula is C18H19N3O7S. The zero-order valence-corrected chi connectivity index (χ0v) is 15.9. The normalized spacial score (nSPS) is 22.1. The molecule has 29 heavy (non-hydrogen) atoms. The van der Waals surface area contributed by atoms with Gasteiger partial charge in [0, 0.05) is 18.9 Å². The topological polar surface area (TPSA) is 160 Å². The maximum absolute atomic E-state index is 13.0. The molecule has 1 aromatic heterocycles. The number of piperidine rings is 1. The van der Waals surface area contributed by atoms with Crippen LogP contribution in [-0.2, 0) is 14.6 Å². The largest absolute Gasteiger partial charge is 0.479 e. The minimum Gasteiger partial charge on any atom is -0.479 e. The van der Waals surface area contributed by atoms with Gasteiger partial charge in [0.15, 0.2) is 15.4 Å². The fraction of sp³-hybridized carbons (Fsp3) is 0.278. The van der Waals surface area contributed by atoms with Crippen molar-refractivity contribution in [2.24, 2.45) is 5.73 Å². The number of hydrogen-bond acceptors (Lipinski definition) is 7. The van der Waals surface area contributed by atoms with Crippen molar-refractivity contribution in [2.75, 3.05) is 13.1 Å². The third-order valence-electron chi connectivity index (χ3n) is 4.72. The van der Waals surface area contributed by atoms with Gasteiger partial charge in [-0.3, -0.25) is 4.98 Å². The number of β-amino-alcohol motifs (C(OH)–C–C–N with tert-alkyl or cyclic N) is 1. The molecule has 2 amide bonds. The summed E-state index contributed by atoms with van der Waals surface area (Å²) in [6.45, 7) is -0.803. The Hall–Kier alpha value is -3.18. The number of hydrogen-bond donors (Lipinski definition) is 3. The van der Waals surface area contributed by atoms with Gasteiger partial charge in [-0.1, -0.05) is 0 Å². The standard InChI is InChI=1S/C18H19N3O7S/c19-17(24)21-10-7-15(18(25,11-21)16(22)23)29(26,27)14-3-1-12(2-4-14)28-13-5-8-20-9-6-13/h1-6,8-9,15,25H,7,10-11H2,(H2,19,24)(H,22,23). The molecule has 0 bridgehead atoms. The van der Waals surface area contributed by atoms with Gasteiger partial charge in [0.25, 0.3) is 0 Å². The molecule has 0 aliphatic carbocycles. The number of urea groups is 1. The van der Waals surface area contributed by atoms with Crippen LogP contribution in [0.2, 0.25) is 0 Å². The van der Waals surface area contributed by atoms with Gasteiger partial charge in [-0.05, 0) is 42.8 Å². The quantitative estimate of drug-likeness (QED) is 0.633. The third kappa shape index (κ3) is 4.00. The average molecular weight is 421 g/mol. The number of sulfone groups is 1. The van der Waals surface area contributed by atoms with E-state index in [-0.39, 0.29) is 17.9 Å². The van der Waals surface area contributed by atoms with Crippen molar-refractivity contribution in [3.05, 3.63) is 48.8 Å². The van der Waals surface area contributed by atoms with E-state index in [9.17, 15) is 28.2 Å². The number of carboxylic acids is 1. The Bertz CT molecular complexity index is 1010. The number of carboxylic acid groups (broad SMARTS) is 1. The highest BCUT2D eigenvalue weighted by atomic mass is 32.2. The smallest absolute Gasteiger partial charge is 0.338 e. The molecule has 2 aromatic rings. The zero-order valence-electron chi connectivity index (χ0n) is 15.1. The van der Waals surface area contributed by atoms with Crippen LogP contribution < -0.4 is 10.5 Å². The first kappa shape index (κ1) is 20.6. The number of carbonyl (C=O) groups is 2. The van der Waals surface area contributed by atoms with E-state index in [2.05, 4.69) is 4.98 Å². The summed E-state index contributed by atoms with van der Waals surface area (Å²) in [6, 6.07) is 7.72. The summed E-state index contributed by atoms with van der Waals surface area (Å²) in [4.78, 5) is 27.6. The Morgan fingerprint density at radius 1 is 1.14 bits per heavy atom. The number of benzene rings is 1. The van der Waals surface area contributed by atoms with E-state index in [4.69, 9.17) is 10.5 Å². The second-order valence-corrected chi connectivity index (χ2v) is 8.70. The minimum absolute atomic E-state index is 0.0853. The second kappa shape index (κ2) is 7.68. The van der Waals surface area contributed by atoms with Crippen LogP contribution in [0.1, 0.15) is 6.42 Å². The maximum Gasteiger partial charge on any atom is 0.338 e. The van der Waals surface area contributed by atoms with E-state index in [1.807, 2.05) is 0 Å². The van der Waals surface area contributed by atoms with E-state index in [1.54, 1.807) is 24.5 Å². The van der Waals surface area contributed by atoms with E-state index in [0.29, 0.717) is 11.5 Å². The first-order valence-electron chi connectivity index (χ1n) is 8.56. The number of aromatic nitrogens is 1. The predicted molar refractivity (Wildman–Crippen MR) is 100 cm³/mol. The summed E-state index contributed by atoms with van der Waals surface area (Å²) in [7, 11) is -4.23. The van der Waals surface area contributed by atoms with Crippen molar-refractivity contribution >= 4 is 21.8 Å². The number of ether oxygens (including phenoxy) is 1. The number of aliphatic carboxylic acids is 1. The number of rotatable bonds is 5. The summed E-state index contributed by atoms with van der Waals surface area (Å²) < 4.78 is 31.7. The molecule has 0 radical (unpaired) electrons. The number of primary amides is 1. The van der Waals surface area contributed by atoms with Crippen molar-refractivity contribution < 1.29 is 33.0 Å². The molecule has 1 aliphatic rings. The zero-order chi connectivity index (χ0) is 21.2. The molecule has 3 rings (SSSR count). The Balaban J connectivity index is 1.87. The van der Waals surface area contributed by atoms with E-state index >= 15 is 0 Å². The Labute approximate surface area is 166 Å². The molecule has 1 aliphatic heterocycles. The Morgan fingerprint density at radius 3 is 2.28 bits per heavy atom. The van der Waals surface area contributed by atoms with Crippen LogP contribution in [0.25, 0.3) is 0 Å². The van der Waals surface area contributed by atoms with Crippen LogP contribution in [0.4, 0.5) is 4.79 Å². The van der Waals surface area contributed by atoms with E-state index in [1.165, 1.54) is 24.3 Å². The average Bonchev–Trinajstić information content (AvgIpc) is 2.68. The lowest BCUT2D eigenvalue weighted by atomic mass is 9.92. The van der Waals surface area contributed by atoms with Crippen LogP contribution in [0.5, 0.6) is 11.5 Å². The SMILES string of the molecule is NC(=O)N1CCC(S(=O)(=O)c2ccc(Oc3ccncc3)cc2)C(O)(C(=O)O)C1. The van der Waals surface area contributed by atoms with Crippen molar-refractivity contribution in [3.63, 3.8) is 0 Å². The van der Waals surface area contributed by atoms with Crippen LogP contribution in [0, 0.1) is 0 Å². The molecule has 1 saturated heterocycles. The van der Waals surface area contributed by atoms with Gasteiger partial charge in [0.05, 0.1) is 11.4 Å². The molecule has 2 atom stereocenters. The number of aliphatic hydroxyl groups is 1. The van der Waals surface area contributed by atoms with Crippen LogP contribution in [-0.4, -0.2) is 64.5 Å². The number of likely N-dealkylation sites (tertiary alicyclic amines) is 1. The fourth-order valence-corrected chi connectivity index (χ4v) is 5.14. The van der Waals surface area contributed by atoms with Gasteiger partial charge in [-0.2, -0.15) is 0 Å². The second-order valence-electron chi connectivity index (χ2n) is 6.57. The van der Waals surface area contributed by atoms with Crippen molar-refractivity contribution in [3.8, 4) is 11.5 Å². The van der Waals surface area contributed by atoms with Gasteiger partial charge >= 0.3 is 12.0 Å². The highest BCUT2D eigenvalue weighted by Crippen LogP contribution is 2.33. The third-order valence-corrected chi connectivity index (χ3v) is 7.02. The lowest BCUT2D eigenvalue weighted by molar-refractivity contribution is -0.162. The number of nitrogens with zero attached hydrogens (tertiary/aromatic N) is 2. The van der Waals surface area contributed by atoms with Crippen LogP contribution in [0.15, 0.2) is 53.7 Å². The lowest BCUT2D eigenvalue weighted by Gasteiger charge is -2.40. The molecule has 1 aromatic carbocycles. The molecule has 0 saturated carbocycles. The summed E-state index contributed by atoms with van der Waals surface area (Å²) >= 11 is 0. The lowest BCUT2D eigenvalue weighted by Crippen LogP contribution is -2.65. The number of pyridine rings is 1.